The summed E-state index contributed by atoms with van der Waals surface area (Å²) in [7, 11) is 0. The van der Waals surface area contributed by atoms with Gasteiger partial charge in [0.2, 0.25) is 5.91 Å². The Kier molecular flexibility index (Phi) is 4.89. The van der Waals surface area contributed by atoms with Crippen LogP contribution in [0.3, 0.4) is 0 Å². The summed E-state index contributed by atoms with van der Waals surface area (Å²) < 4.78 is 6.48. The molecule has 0 aliphatic carbocycles. The highest BCUT2D eigenvalue weighted by Gasteiger charge is 2.17. The van der Waals surface area contributed by atoms with Gasteiger partial charge in [-0.05, 0) is 43.3 Å². The maximum Gasteiger partial charge on any atom is 0.412 e. The van der Waals surface area contributed by atoms with Crippen molar-refractivity contribution in [3.63, 3.8) is 0 Å². The number of hydrogen-bond donors (Lipinski definition) is 2. The van der Waals surface area contributed by atoms with E-state index in [9.17, 15) is 9.59 Å². The Balaban J connectivity index is 2.02. The van der Waals surface area contributed by atoms with Crippen LogP contribution in [0.5, 0.6) is 0 Å². The Morgan fingerprint density at radius 1 is 1.17 bits per heavy atom. The van der Waals surface area contributed by atoms with Crippen LogP contribution in [0.1, 0.15) is 20.8 Å². The molecule has 0 aliphatic rings. The van der Waals surface area contributed by atoms with E-state index in [0.717, 1.165) is 0 Å². The molecule has 122 valence electrons. The van der Waals surface area contributed by atoms with Crippen molar-refractivity contribution in [3.05, 3.63) is 30.6 Å². The van der Waals surface area contributed by atoms with Gasteiger partial charge in [-0.2, -0.15) is 0 Å². The van der Waals surface area contributed by atoms with Crippen molar-refractivity contribution >= 4 is 23.4 Å². The molecule has 0 spiro atoms. The van der Waals surface area contributed by atoms with Crippen molar-refractivity contribution in [2.45, 2.75) is 32.9 Å². The number of amides is 2. The molecule has 1 aromatic heterocycles. The minimum Gasteiger partial charge on any atom is -0.444 e. The van der Waals surface area contributed by atoms with Crippen molar-refractivity contribution in [1.29, 1.82) is 0 Å². The summed E-state index contributed by atoms with van der Waals surface area (Å²) in [5.41, 5.74) is 0.283. The van der Waals surface area contributed by atoms with Gasteiger partial charge in [-0.25, -0.2) is 9.48 Å². The van der Waals surface area contributed by atoms with Gasteiger partial charge in [0.25, 0.3) is 0 Å². The minimum absolute atomic E-state index is 0.0340. The molecule has 0 radical (unpaired) electrons. The van der Waals surface area contributed by atoms with Crippen LogP contribution in [-0.4, -0.2) is 37.8 Å². The number of benzene rings is 1. The molecule has 1 heterocycles. The number of para-hydroxylation sites is 2. The number of tetrazole rings is 1. The number of nitrogens with zero attached hydrogens (tertiary/aromatic N) is 4. The smallest absolute Gasteiger partial charge is 0.412 e. The van der Waals surface area contributed by atoms with Crippen molar-refractivity contribution in [2.75, 3.05) is 10.6 Å². The third kappa shape index (κ3) is 5.38. The predicted molar refractivity (Wildman–Crippen MR) is 82.7 cm³/mol. The summed E-state index contributed by atoms with van der Waals surface area (Å²) in [6.45, 7) is 5.28. The molecule has 0 aliphatic heterocycles. The Hall–Kier alpha value is -2.97. The van der Waals surface area contributed by atoms with Crippen molar-refractivity contribution in [3.8, 4) is 0 Å². The first-order valence-corrected chi connectivity index (χ1v) is 6.93. The van der Waals surface area contributed by atoms with E-state index < -0.39 is 11.7 Å². The Morgan fingerprint density at radius 3 is 2.39 bits per heavy atom. The third-order valence-electron chi connectivity index (χ3n) is 2.53. The first kappa shape index (κ1) is 16.4. The van der Waals surface area contributed by atoms with E-state index in [1.54, 1.807) is 45.0 Å². The molecule has 0 atom stereocenters. The van der Waals surface area contributed by atoms with Crippen molar-refractivity contribution in [2.24, 2.45) is 0 Å². The average Bonchev–Trinajstić information content (AvgIpc) is 2.91. The largest absolute Gasteiger partial charge is 0.444 e. The Bertz CT molecular complexity index is 678. The van der Waals surface area contributed by atoms with Gasteiger partial charge >= 0.3 is 6.09 Å². The van der Waals surface area contributed by atoms with E-state index in [1.165, 1.54) is 11.0 Å². The van der Waals surface area contributed by atoms with Crippen LogP contribution in [0.25, 0.3) is 0 Å². The molecule has 9 nitrogen and oxygen atoms in total. The zero-order chi connectivity index (χ0) is 16.9. The van der Waals surface area contributed by atoms with E-state index in [1.807, 2.05) is 0 Å². The third-order valence-corrected chi connectivity index (χ3v) is 2.53. The molecule has 1 aromatic carbocycles. The van der Waals surface area contributed by atoms with E-state index in [4.69, 9.17) is 4.74 Å². The molecule has 2 aromatic rings. The lowest BCUT2D eigenvalue weighted by molar-refractivity contribution is -0.116. The highest BCUT2D eigenvalue weighted by Crippen LogP contribution is 2.22. The molecule has 0 saturated heterocycles. The van der Waals surface area contributed by atoms with Gasteiger partial charge in [0.15, 0.2) is 0 Å². The maximum atomic E-state index is 12.0. The van der Waals surface area contributed by atoms with E-state index in [-0.39, 0.29) is 12.5 Å². The summed E-state index contributed by atoms with van der Waals surface area (Å²) in [6.07, 6.45) is 0.740. The number of aromatic nitrogens is 4. The molecule has 0 bridgehead atoms. The Labute approximate surface area is 133 Å². The standard InChI is InChI=1S/C14H18N6O3/c1-14(2,3)23-13(22)17-11-7-5-4-6-10(11)16-12(21)8-20-9-15-18-19-20/h4-7,9H,8H2,1-3H3,(H,16,21)(H,17,22). The zero-order valence-electron chi connectivity index (χ0n) is 13.1. The highest BCUT2D eigenvalue weighted by atomic mass is 16.6. The first-order valence-electron chi connectivity index (χ1n) is 6.93. The molecule has 2 N–H and O–H groups in total. The van der Waals surface area contributed by atoms with Gasteiger partial charge in [-0.3, -0.25) is 10.1 Å². The Morgan fingerprint density at radius 2 is 1.83 bits per heavy atom. The SMILES string of the molecule is CC(C)(C)OC(=O)Nc1ccccc1NC(=O)Cn1cnnn1. The minimum atomic E-state index is -0.609. The summed E-state index contributed by atoms with van der Waals surface area (Å²) in [5.74, 6) is -0.323. The van der Waals surface area contributed by atoms with Crippen LogP contribution >= 0.6 is 0 Å². The molecular formula is C14H18N6O3. The van der Waals surface area contributed by atoms with Crippen LogP contribution in [0, 0.1) is 0 Å². The number of carbonyl (C=O) groups is 2. The summed E-state index contributed by atoms with van der Waals surface area (Å²) in [6, 6.07) is 6.82. The molecule has 0 saturated carbocycles. The molecule has 2 rings (SSSR count). The fourth-order valence-electron chi connectivity index (χ4n) is 1.70. The van der Waals surface area contributed by atoms with Gasteiger partial charge in [-0.1, -0.05) is 12.1 Å². The van der Waals surface area contributed by atoms with Crippen LogP contribution in [-0.2, 0) is 16.1 Å². The number of nitrogens with one attached hydrogen (secondary N) is 2. The van der Waals surface area contributed by atoms with Crippen molar-refractivity contribution < 1.29 is 14.3 Å². The number of carbonyl (C=O) groups excluding carboxylic acids is 2. The van der Waals surface area contributed by atoms with Gasteiger partial charge in [0, 0.05) is 0 Å². The number of rotatable bonds is 4. The van der Waals surface area contributed by atoms with Crippen molar-refractivity contribution in [1.82, 2.24) is 20.2 Å². The van der Waals surface area contributed by atoms with Crippen LogP contribution in [0.2, 0.25) is 0 Å². The highest BCUT2D eigenvalue weighted by molar-refractivity contribution is 5.97. The molecule has 9 heteroatoms. The zero-order valence-corrected chi connectivity index (χ0v) is 13.1. The van der Waals surface area contributed by atoms with E-state index in [2.05, 4.69) is 26.2 Å². The molecule has 0 fully saturated rings. The van der Waals surface area contributed by atoms with Crippen LogP contribution < -0.4 is 10.6 Å². The van der Waals surface area contributed by atoms with E-state index in [0.29, 0.717) is 11.4 Å². The second-order valence-corrected chi connectivity index (χ2v) is 5.73. The monoisotopic (exact) mass is 318 g/mol. The number of ether oxygens (including phenoxy) is 1. The number of hydrogen-bond acceptors (Lipinski definition) is 6. The molecular weight excluding hydrogens is 300 g/mol. The fraction of sp³-hybridized carbons (Fsp3) is 0.357. The number of anilines is 2. The van der Waals surface area contributed by atoms with Gasteiger partial charge in [0.05, 0.1) is 11.4 Å². The first-order chi connectivity index (χ1) is 10.8. The average molecular weight is 318 g/mol. The molecule has 0 unspecified atom stereocenters. The summed E-state index contributed by atoms with van der Waals surface area (Å²) in [4.78, 5) is 23.8. The topological polar surface area (TPSA) is 111 Å². The lowest BCUT2D eigenvalue weighted by Crippen LogP contribution is -2.27. The fourth-order valence-corrected chi connectivity index (χ4v) is 1.70. The summed E-state index contributed by atoms with van der Waals surface area (Å²) >= 11 is 0. The molecule has 23 heavy (non-hydrogen) atoms. The lowest BCUT2D eigenvalue weighted by Gasteiger charge is -2.20. The van der Waals surface area contributed by atoms with E-state index >= 15 is 0 Å². The predicted octanol–water partition coefficient (Wildman–Crippen LogP) is 1.66. The second kappa shape index (κ2) is 6.86. The van der Waals surface area contributed by atoms with Gasteiger partial charge in [-0.15, -0.1) is 5.10 Å². The van der Waals surface area contributed by atoms with Gasteiger partial charge < -0.3 is 10.1 Å². The second-order valence-electron chi connectivity index (χ2n) is 5.73. The van der Waals surface area contributed by atoms with Crippen LogP contribution in [0.4, 0.5) is 16.2 Å². The van der Waals surface area contributed by atoms with Crippen LogP contribution in [0.15, 0.2) is 30.6 Å². The van der Waals surface area contributed by atoms with Gasteiger partial charge in [0.1, 0.15) is 18.5 Å². The maximum absolute atomic E-state index is 12.0. The summed E-state index contributed by atoms with van der Waals surface area (Å²) in [5, 5.41) is 15.8. The lowest BCUT2D eigenvalue weighted by atomic mass is 10.2. The quantitative estimate of drug-likeness (QED) is 0.887. The normalized spacial score (nSPS) is 10.9. The molecule has 2 amide bonds.